The van der Waals surface area contributed by atoms with E-state index in [1.807, 2.05) is 18.2 Å². The number of nitrogens with zero attached hydrogens (tertiary/aromatic N) is 2. The highest BCUT2D eigenvalue weighted by Crippen LogP contribution is 2.24. The Morgan fingerprint density at radius 3 is 2.95 bits per heavy atom. The molecule has 0 saturated heterocycles. The smallest absolute Gasteiger partial charge is 0.253 e. The molecule has 0 radical (unpaired) electrons. The van der Waals surface area contributed by atoms with Gasteiger partial charge in [-0.25, -0.2) is 0 Å². The van der Waals surface area contributed by atoms with E-state index in [0.29, 0.717) is 24.9 Å². The standard InChI is InChI=1S/C17H17N3O2/c1-20(11-12-3-2-8-18-10-12)17(22)14-4-6-15-13(9-14)5-7-16(21)19-15/h2-4,6,8-10H,5,7,11H2,1H3,(H,19,21). The van der Waals surface area contributed by atoms with E-state index in [1.54, 1.807) is 36.5 Å². The van der Waals surface area contributed by atoms with Crippen LogP contribution in [-0.2, 0) is 17.8 Å². The number of amides is 2. The van der Waals surface area contributed by atoms with Gasteiger partial charge < -0.3 is 10.2 Å². The van der Waals surface area contributed by atoms with Gasteiger partial charge in [-0.2, -0.15) is 0 Å². The van der Waals surface area contributed by atoms with E-state index in [2.05, 4.69) is 10.3 Å². The van der Waals surface area contributed by atoms with Crippen LogP contribution in [0.2, 0.25) is 0 Å². The molecule has 1 aliphatic heterocycles. The summed E-state index contributed by atoms with van der Waals surface area (Å²) in [7, 11) is 1.77. The molecule has 0 aliphatic carbocycles. The SMILES string of the molecule is CN(Cc1cccnc1)C(=O)c1ccc2c(c1)CCC(=O)N2. The lowest BCUT2D eigenvalue weighted by atomic mass is 10.00. The first-order chi connectivity index (χ1) is 10.6. The van der Waals surface area contributed by atoms with E-state index < -0.39 is 0 Å². The average Bonchev–Trinajstić information content (AvgIpc) is 2.54. The molecule has 0 fully saturated rings. The highest BCUT2D eigenvalue weighted by atomic mass is 16.2. The van der Waals surface area contributed by atoms with Crippen LogP contribution in [0.3, 0.4) is 0 Å². The van der Waals surface area contributed by atoms with Crippen LogP contribution in [0.1, 0.15) is 27.9 Å². The van der Waals surface area contributed by atoms with Crippen LogP contribution in [0.15, 0.2) is 42.7 Å². The van der Waals surface area contributed by atoms with Crippen molar-refractivity contribution in [2.75, 3.05) is 12.4 Å². The van der Waals surface area contributed by atoms with Crippen molar-refractivity contribution < 1.29 is 9.59 Å². The predicted molar refractivity (Wildman–Crippen MR) is 83.4 cm³/mol. The number of anilines is 1. The molecule has 2 amide bonds. The number of benzene rings is 1. The van der Waals surface area contributed by atoms with Crippen LogP contribution < -0.4 is 5.32 Å². The highest BCUT2D eigenvalue weighted by Gasteiger charge is 2.18. The fourth-order valence-corrected chi connectivity index (χ4v) is 2.57. The van der Waals surface area contributed by atoms with Crippen LogP contribution in [0.5, 0.6) is 0 Å². The third kappa shape index (κ3) is 2.98. The number of aryl methyl sites for hydroxylation is 1. The lowest BCUT2D eigenvalue weighted by molar-refractivity contribution is -0.116. The molecule has 3 rings (SSSR count). The summed E-state index contributed by atoms with van der Waals surface area (Å²) in [6, 6.07) is 9.23. The zero-order valence-electron chi connectivity index (χ0n) is 12.4. The number of carbonyl (C=O) groups excluding carboxylic acids is 2. The van der Waals surface area contributed by atoms with Crippen molar-refractivity contribution in [2.24, 2.45) is 0 Å². The molecule has 1 aliphatic rings. The van der Waals surface area contributed by atoms with Crippen LogP contribution >= 0.6 is 0 Å². The molecule has 0 bridgehead atoms. The fraction of sp³-hybridized carbons (Fsp3) is 0.235. The van der Waals surface area contributed by atoms with Gasteiger partial charge in [-0.1, -0.05) is 6.07 Å². The van der Waals surface area contributed by atoms with Gasteiger partial charge in [0.15, 0.2) is 0 Å². The summed E-state index contributed by atoms with van der Waals surface area (Å²) >= 11 is 0. The number of aromatic nitrogens is 1. The van der Waals surface area contributed by atoms with Crippen molar-refractivity contribution >= 4 is 17.5 Å². The molecular weight excluding hydrogens is 278 g/mol. The Balaban J connectivity index is 1.76. The Morgan fingerprint density at radius 1 is 1.32 bits per heavy atom. The minimum Gasteiger partial charge on any atom is -0.337 e. The summed E-state index contributed by atoms with van der Waals surface area (Å²) in [5, 5.41) is 2.82. The minimum absolute atomic E-state index is 0.0280. The van der Waals surface area contributed by atoms with Gasteiger partial charge in [0.2, 0.25) is 5.91 Å². The number of rotatable bonds is 3. The van der Waals surface area contributed by atoms with E-state index in [4.69, 9.17) is 0 Å². The molecule has 1 aromatic carbocycles. The Labute approximate surface area is 129 Å². The zero-order chi connectivity index (χ0) is 15.5. The molecule has 0 saturated carbocycles. The Bertz CT molecular complexity index is 713. The topological polar surface area (TPSA) is 62.3 Å². The maximum Gasteiger partial charge on any atom is 0.253 e. The van der Waals surface area contributed by atoms with Crippen LogP contribution in [0.4, 0.5) is 5.69 Å². The van der Waals surface area contributed by atoms with Crippen molar-refractivity contribution in [3.63, 3.8) is 0 Å². The van der Waals surface area contributed by atoms with E-state index in [9.17, 15) is 9.59 Å². The molecule has 0 unspecified atom stereocenters. The lowest BCUT2D eigenvalue weighted by Gasteiger charge is -2.20. The van der Waals surface area contributed by atoms with E-state index in [0.717, 1.165) is 16.8 Å². The fourth-order valence-electron chi connectivity index (χ4n) is 2.57. The Hall–Kier alpha value is -2.69. The molecule has 5 nitrogen and oxygen atoms in total. The first-order valence-electron chi connectivity index (χ1n) is 7.20. The van der Waals surface area contributed by atoms with Crippen LogP contribution in [0, 0.1) is 0 Å². The van der Waals surface area contributed by atoms with Crippen molar-refractivity contribution in [1.29, 1.82) is 0 Å². The minimum atomic E-state index is -0.0384. The summed E-state index contributed by atoms with van der Waals surface area (Å²) < 4.78 is 0. The second-order valence-electron chi connectivity index (χ2n) is 5.44. The summed E-state index contributed by atoms with van der Waals surface area (Å²) in [5.41, 5.74) is 3.45. The van der Waals surface area contributed by atoms with Gasteiger partial charge in [-0.3, -0.25) is 14.6 Å². The number of carbonyl (C=O) groups is 2. The number of hydrogen-bond donors (Lipinski definition) is 1. The van der Waals surface area contributed by atoms with Crippen molar-refractivity contribution in [3.05, 3.63) is 59.4 Å². The average molecular weight is 295 g/mol. The largest absolute Gasteiger partial charge is 0.337 e. The van der Waals surface area contributed by atoms with Gasteiger partial charge in [0.25, 0.3) is 5.91 Å². The molecular formula is C17H17N3O2. The molecule has 0 atom stereocenters. The second kappa shape index (κ2) is 5.97. The lowest BCUT2D eigenvalue weighted by Crippen LogP contribution is -2.27. The first-order valence-corrected chi connectivity index (χ1v) is 7.20. The monoisotopic (exact) mass is 295 g/mol. The summed E-state index contributed by atoms with van der Waals surface area (Å²) in [6.45, 7) is 0.514. The Morgan fingerprint density at radius 2 is 2.18 bits per heavy atom. The maximum absolute atomic E-state index is 12.5. The third-order valence-corrected chi connectivity index (χ3v) is 3.74. The van der Waals surface area contributed by atoms with Gasteiger partial charge in [0.1, 0.15) is 0 Å². The summed E-state index contributed by atoms with van der Waals surface area (Å²) in [4.78, 5) is 29.6. The normalized spacial score (nSPS) is 13.2. The van der Waals surface area contributed by atoms with Crippen molar-refractivity contribution in [1.82, 2.24) is 9.88 Å². The quantitative estimate of drug-likeness (QED) is 0.944. The molecule has 0 spiro atoms. The molecule has 5 heteroatoms. The molecule has 22 heavy (non-hydrogen) atoms. The van der Waals surface area contributed by atoms with Crippen molar-refractivity contribution in [2.45, 2.75) is 19.4 Å². The van der Waals surface area contributed by atoms with Gasteiger partial charge >= 0.3 is 0 Å². The van der Waals surface area contributed by atoms with Crippen LogP contribution in [0.25, 0.3) is 0 Å². The van der Waals surface area contributed by atoms with Gasteiger partial charge in [-0.05, 0) is 41.8 Å². The third-order valence-electron chi connectivity index (χ3n) is 3.74. The Kier molecular flexibility index (Phi) is 3.87. The zero-order valence-corrected chi connectivity index (χ0v) is 12.4. The molecule has 2 aromatic rings. The first kappa shape index (κ1) is 14.3. The molecule has 1 N–H and O–H groups in total. The summed E-state index contributed by atoms with van der Waals surface area (Å²) in [5.74, 6) is -0.0103. The van der Waals surface area contributed by atoms with Gasteiger partial charge in [0, 0.05) is 43.7 Å². The molecule has 1 aromatic heterocycles. The van der Waals surface area contributed by atoms with Crippen LogP contribution in [-0.4, -0.2) is 28.7 Å². The molecule has 2 heterocycles. The van der Waals surface area contributed by atoms with E-state index in [-0.39, 0.29) is 11.8 Å². The number of hydrogen-bond acceptors (Lipinski definition) is 3. The highest BCUT2D eigenvalue weighted by molar-refractivity contribution is 5.97. The van der Waals surface area contributed by atoms with Crippen molar-refractivity contribution in [3.8, 4) is 0 Å². The van der Waals surface area contributed by atoms with E-state index in [1.165, 1.54) is 0 Å². The second-order valence-corrected chi connectivity index (χ2v) is 5.44. The predicted octanol–water partition coefficient (Wildman–Crippen LogP) is 2.24. The van der Waals surface area contributed by atoms with Gasteiger partial charge in [-0.15, -0.1) is 0 Å². The van der Waals surface area contributed by atoms with E-state index >= 15 is 0 Å². The maximum atomic E-state index is 12.5. The number of pyridine rings is 1. The molecule has 112 valence electrons. The summed E-state index contributed by atoms with van der Waals surface area (Å²) in [6.07, 6.45) is 4.61. The number of nitrogens with one attached hydrogen (secondary N) is 1. The number of fused-ring (bicyclic) bond motifs is 1. The van der Waals surface area contributed by atoms with Gasteiger partial charge in [0.05, 0.1) is 0 Å².